The number of nitrogens with one attached hydrogen (secondary N) is 1. The number of nitrogens with two attached hydrogens (primary N) is 1. The van der Waals surface area contributed by atoms with E-state index in [4.69, 9.17) is 38.5 Å². The van der Waals surface area contributed by atoms with Crippen LogP contribution in [0.5, 0.6) is 0 Å². The van der Waals surface area contributed by atoms with E-state index in [0.717, 1.165) is 22.5 Å². The first-order valence-electron chi connectivity index (χ1n) is 11.8. The Morgan fingerprint density at radius 1 is 1.12 bits per heavy atom. The average Bonchev–Trinajstić information content (AvgIpc) is 3.30. The molecule has 3 heterocycles. The highest BCUT2D eigenvalue weighted by atomic mass is 35.5. The fourth-order valence-electron chi connectivity index (χ4n) is 4.28. The summed E-state index contributed by atoms with van der Waals surface area (Å²) in [6.07, 6.45) is -0.727. The van der Waals surface area contributed by atoms with Crippen LogP contribution in [0.1, 0.15) is 22.9 Å². The number of fused-ring (bicyclic) bond motifs is 1. The zero-order chi connectivity index (χ0) is 28.4. The number of oxime groups is 1. The maximum Gasteiger partial charge on any atom is 0.357 e. The molecule has 2 aromatic carbocycles. The van der Waals surface area contributed by atoms with E-state index in [-0.39, 0.29) is 37.4 Å². The molecule has 1 aromatic heterocycles. The van der Waals surface area contributed by atoms with Crippen molar-refractivity contribution in [1.29, 1.82) is 0 Å². The van der Waals surface area contributed by atoms with Gasteiger partial charge in [-0.3, -0.25) is 14.5 Å². The number of carbonyl (C=O) groups excluding carboxylic acids is 3. The Morgan fingerprint density at radius 2 is 1.75 bits per heavy atom. The molecule has 3 N–H and O–H groups in total. The van der Waals surface area contributed by atoms with Gasteiger partial charge in [0.2, 0.25) is 0 Å². The number of anilines is 1. The zero-order valence-electron chi connectivity index (χ0n) is 20.7. The standard InChI is InChI=1S/C26H21Cl2N5O5S2/c1-37-32-17(16-21(28)40-26(29)31-16)22(34)30-18-23(35)33-19(15(27)12-39-24(18)33)25(36)38-20(13-8-4-2-5-9-13)14-10-6-3-7-11-14/h2-11,18,20,24H,12H2,1H3,(H2,29,31)(H,30,34)/b32-17-/t18-,24-/m1/s1. The van der Waals surface area contributed by atoms with Crippen molar-refractivity contribution in [2.75, 3.05) is 18.6 Å². The van der Waals surface area contributed by atoms with Gasteiger partial charge in [0.15, 0.2) is 16.9 Å². The molecule has 0 aliphatic carbocycles. The third-order valence-electron chi connectivity index (χ3n) is 6.06. The van der Waals surface area contributed by atoms with Crippen molar-refractivity contribution in [3.63, 3.8) is 0 Å². The van der Waals surface area contributed by atoms with Gasteiger partial charge < -0.3 is 20.6 Å². The topological polar surface area (TPSA) is 136 Å². The van der Waals surface area contributed by atoms with E-state index < -0.39 is 35.3 Å². The Kier molecular flexibility index (Phi) is 8.31. The van der Waals surface area contributed by atoms with Crippen LogP contribution in [-0.4, -0.2) is 57.7 Å². The maximum atomic E-state index is 13.5. The summed E-state index contributed by atoms with van der Waals surface area (Å²) in [5.74, 6) is -1.79. The van der Waals surface area contributed by atoms with Gasteiger partial charge in [0, 0.05) is 5.75 Å². The summed E-state index contributed by atoms with van der Waals surface area (Å²) in [5.41, 5.74) is 6.94. The average molecular weight is 619 g/mol. The summed E-state index contributed by atoms with van der Waals surface area (Å²) in [6, 6.07) is 17.5. The number of halogens is 2. The minimum atomic E-state index is -0.971. The van der Waals surface area contributed by atoms with Crippen LogP contribution in [0.25, 0.3) is 0 Å². The summed E-state index contributed by atoms with van der Waals surface area (Å²) in [5, 5.41) is 6.07. The lowest BCUT2D eigenvalue weighted by atomic mass is 10.0. The number of β-lactam (4-membered cyclic amide) rings is 1. The molecule has 206 valence electrons. The first-order chi connectivity index (χ1) is 19.3. The predicted molar refractivity (Wildman–Crippen MR) is 154 cm³/mol. The van der Waals surface area contributed by atoms with Gasteiger partial charge in [-0.05, 0) is 11.1 Å². The van der Waals surface area contributed by atoms with Crippen LogP contribution in [0.3, 0.4) is 0 Å². The lowest BCUT2D eigenvalue weighted by molar-refractivity contribution is -0.154. The van der Waals surface area contributed by atoms with Gasteiger partial charge in [-0.15, -0.1) is 11.8 Å². The Bertz CT molecular complexity index is 1480. The quantitative estimate of drug-likeness (QED) is 0.168. The van der Waals surface area contributed by atoms with Crippen molar-refractivity contribution in [3.8, 4) is 0 Å². The zero-order valence-corrected chi connectivity index (χ0v) is 23.9. The van der Waals surface area contributed by atoms with Crippen LogP contribution < -0.4 is 11.1 Å². The molecule has 0 unspecified atom stereocenters. The van der Waals surface area contributed by atoms with Gasteiger partial charge in [-0.25, -0.2) is 9.78 Å². The fourth-order valence-corrected chi connectivity index (χ4v) is 6.75. The SMILES string of the molecule is CO/N=C(\C(=O)N[C@@H]1C(=O)N2C(C(=O)OC(c3ccccc3)c3ccccc3)=C(Cl)CS[C@H]12)c1nc(N)sc1Cl. The van der Waals surface area contributed by atoms with Crippen molar-refractivity contribution < 1.29 is 24.0 Å². The molecule has 0 saturated carbocycles. The monoisotopic (exact) mass is 617 g/mol. The van der Waals surface area contributed by atoms with Gasteiger partial charge >= 0.3 is 5.97 Å². The molecule has 14 heteroatoms. The molecule has 2 amide bonds. The Labute approximate surface area is 247 Å². The molecule has 2 atom stereocenters. The summed E-state index contributed by atoms with van der Waals surface area (Å²) in [7, 11) is 1.26. The molecule has 40 heavy (non-hydrogen) atoms. The van der Waals surface area contributed by atoms with E-state index in [1.54, 1.807) is 0 Å². The highest BCUT2D eigenvalue weighted by Gasteiger charge is 2.55. The maximum absolute atomic E-state index is 13.5. The van der Waals surface area contributed by atoms with Crippen molar-refractivity contribution in [2.24, 2.45) is 5.16 Å². The molecular weight excluding hydrogens is 597 g/mol. The fraction of sp³-hybridized carbons (Fsp3) is 0.192. The molecule has 5 rings (SSSR count). The minimum Gasteiger partial charge on any atom is -0.448 e. The smallest absolute Gasteiger partial charge is 0.357 e. The highest BCUT2D eigenvalue weighted by molar-refractivity contribution is 8.00. The van der Waals surface area contributed by atoms with E-state index in [1.807, 2.05) is 60.7 Å². The number of hydrogen-bond donors (Lipinski definition) is 2. The van der Waals surface area contributed by atoms with Crippen molar-refractivity contribution >= 4 is 74.9 Å². The number of benzene rings is 2. The second-order valence-corrected chi connectivity index (χ2v) is 11.7. The number of thiazole rings is 1. The molecule has 0 radical (unpaired) electrons. The molecule has 2 aliphatic rings. The molecule has 10 nitrogen and oxygen atoms in total. The number of amides is 2. The second-order valence-electron chi connectivity index (χ2n) is 8.52. The molecule has 1 fully saturated rings. The number of carbonyl (C=O) groups is 3. The lowest BCUT2D eigenvalue weighted by Crippen LogP contribution is -2.71. The van der Waals surface area contributed by atoms with E-state index >= 15 is 0 Å². The van der Waals surface area contributed by atoms with Gasteiger partial charge in [-0.1, -0.05) is 100 Å². The Hall–Kier alpha value is -3.58. The number of hydrogen-bond acceptors (Lipinski definition) is 10. The van der Waals surface area contributed by atoms with Crippen molar-refractivity contribution in [3.05, 3.63) is 92.6 Å². The van der Waals surface area contributed by atoms with E-state index in [0.29, 0.717) is 0 Å². The van der Waals surface area contributed by atoms with Crippen LogP contribution in [0, 0.1) is 0 Å². The second kappa shape index (κ2) is 11.9. The highest BCUT2D eigenvalue weighted by Crippen LogP contribution is 2.42. The van der Waals surface area contributed by atoms with Crippen LogP contribution in [0.4, 0.5) is 5.13 Å². The summed E-state index contributed by atoms with van der Waals surface area (Å²) in [6.45, 7) is 0. The van der Waals surface area contributed by atoms with E-state index in [1.165, 1.54) is 23.8 Å². The Morgan fingerprint density at radius 3 is 2.30 bits per heavy atom. The number of ether oxygens (including phenoxy) is 1. The van der Waals surface area contributed by atoms with Crippen LogP contribution in [0.2, 0.25) is 4.34 Å². The van der Waals surface area contributed by atoms with Crippen LogP contribution >= 0.6 is 46.3 Å². The predicted octanol–water partition coefficient (Wildman–Crippen LogP) is 3.91. The minimum absolute atomic E-state index is 0.0310. The van der Waals surface area contributed by atoms with Crippen molar-refractivity contribution in [2.45, 2.75) is 17.5 Å². The van der Waals surface area contributed by atoms with Crippen molar-refractivity contribution in [1.82, 2.24) is 15.2 Å². The molecule has 1 saturated heterocycles. The van der Waals surface area contributed by atoms with Gasteiger partial charge in [-0.2, -0.15) is 0 Å². The third-order valence-corrected chi connectivity index (χ3v) is 8.89. The van der Waals surface area contributed by atoms with Gasteiger partial charge in [0.05, 0.1) is 5.03 Å². The third kappa shape index (κ3) is 5.39. The summed E-state index contributed by atoms with van der Waals surface area (Å²) in [4.78, 5) is 50.0. The number of nitrogen functional groups attached to an aromatic ring is 1. The molecule has 0 spiro atoms. The number of thioether (sulfide) groups is 1. The molecular formula is C26H21Cl2N5O5S2. The first kappa shape index (κ1) is 28.0. The number of esters is 1. The first-order valence-corrected chi connectivity index (χ1v) is 14.4. The number of rotatable bonds is 8. The summed E-state index contributed by atoms with van der Waals surface area (Å²) < 4.78 is 6.09. The largest absolute Gasteiger partial charge is 0.448 e. The van der Waals surface area contributed by atoms with Crippen LogP contribution in [0.15, 0.2) is 76.5 Å². The summed E-state index contributed by atoms with van der Waals surface area (Å²) >= 11 is 14.9. The van der Waals surface area contributed by atoms with Gasteiger partial charge in [0.1, 0.15) is 34.3 Å². The molecule has 3 aromatic rings. The van der Waals surface area contributed by atoms with Gasteiger partial charge in [0.25, 0.3) is 11.8 Å². The lowest BCUT2D eigenvalue weighted by Gasteiger charge is -2.49. The Balaban J connectivity index is 1.35. The van der Waals surface area contributed by atoms with E-state index in [2.05, 4.69) is 15.5 Å². The molecule has 0 bridgehead atoms. The van der Waals surface area contributed by atoms with E-state index in [9.17, 15) is 14.4 Å². The number of aromatic nitrogens is 1. The number of nitrogens with zero attached hydrogens (tertiary/aromatic N) is 3. The van der Waals surface area contributed by atoms with Crippen LogP contribution in [-0.2, 0) is 24.0 Å². The normalized spacial score (nSPS) is 18.8. The molecule has 2 aliphatic heterocycles.